The van der Waals surface area contributed by atoms with E-state index in [9.17, 15) is 9.59 Å². The van der Waals surface area contributed by atoms with Crippen LogP contribution in [-0.2, 0) is 14.3 Å². The SMILES string of the molecule is C=C1CC=CC(=O)O/C1=C(\OCC1=CC=C=C(COc2c3occc3cc3cc(C)c(=O)oc23)C=C1)c1occc1C. The first-order valence-corrected chi connectivity index (χ1v) is 13.3. The van der Waals surface area contributed by atoms with Crippen molar-refractivity contribution in [3.8, 4) is 5.75 Å². The topological polar surface area (TPSA) is 101 Å². The number of hydrogen-bond acceptors (Lipinski definition) is 8. The van der Waals surface area contributed by atoms with Gasteiger partial charge in [0.2, 0.25) is 11.5 Å². The standard InChI is InChI=1S/C34H26O8/c1-20-6-4-9-27(35)41-29(20)32(28-21(2)12-14-37-28)39-18-23-7-5-8-24(11-10-23)19-40-33-30-25(13-15-38-30)17-26-16-22(3)34(36)42-31(26)33/h4-5,7,9-17H,1,6,18-19H2,2-3H3/b32-29-. The molecular weight excluding hydrogens is 536 g/mol. The van der Waals surface area contributed by atoms with E-state index in [0.29, 0.717) is 46.0 Å². The maximum absolute atomic E-state index is 12.3. The molecule has 4 aromatic rings. The van der Waals surface area contributed by atoms with E-state index in [1.54, 1.807) is 43.7 Å². The predicted octanol–water partition coefficient (Wildman–Crippen LogP) is 7.15. The Balaban J connectivity index is 1.20. The largest absolute Gasteiger partial charge is 0.482 e. The van der Waals surface area contributed by atoms with Crippen LogP contribution in [0.3, 0.4) is 0 Å². The van der Waals surface area contributed by atoms with Crippen molar-refractivity contribution in [2.45, 2.75) is 20.3 Å². The molecule has 0 fully saturated rings. The number of cyclic esters (lactones) is 1. The zero-order chi connectivity index (χ0) is 29.2. The summed E-state index contributed by atoms with van der Waals surface area (Å²) in [7, 11) is 0. The van der Waals surface area contributed by atoms with Crippen molar-refractivity contribution in [3.63, 3.8) is 0 Å². The smallest absolute Gasteiger partial charge is 0.339 e. The molecule has 6 rings (SSSR count). The monoisotopic (exact) mass is 562 g/mol. The lowest BCUT2D eigenvalue weighted by molar-refractivity contribution is -0.133. The zero-order valence-corrected chi connectivity index (χ0v) is 23.0. The van der Waals surface area contributed by atoms with Gasteiger partial charge in [-0.05, 0) is 79.5 Å². The van der Waals surface area contributed by atoms with Crippen molar-refractivity contribution in [1.29, 1.82) is 0 Å². The number of aryl methyl sites for hydroxylation is 2. The van der Waals surface area contributed by atoms with E-state index in [1.165, 1.54) is 6.08 Å². The summed E-state index contributed by atoms with van der Waals surface area (Å²) in [5.41, 5.74) is 7.09. The number of rotatable bonds is 7. The normalized spacial score (nSPS) is 16.2. The first kappa shape index (κ1) is 26.7. The van der Waals surface area contributed by atoms with E-state index in [-0.39, 0.29) is 19.0 Å². The number of esters is 1. The summed E-state index contributed by atoms with van der Waals surface area (Å²) in [5, 5.41) is 1.58. The van der Waals surface area contributed by atoms with Gasteiger partial charge in [-0.1, -0.05) is 18.7 Å². The van der Waals surface area contributed by atoms with Crippen LogP contribution < -0.4 is 10.4 Å². The molecule has 0 atom stereocenters. The third-order valence-corrected chi connectivity index (χ3v) is 6.81. The average molecular weight is 563 g/mol. The molecule has 0 unspecified atom stereocenters. The quantitative estimate of drug-likeness (QED) is 0.101. The Kier molecular flexibility index (Phi) is 7.13. The molecule has 8 nitrogen and oxygen atoms in total. The highest BCUT2D eigenvalue weighted by Crippen LogP contribution is 2.36. The summed E-state index contributed by atoms with van der Waals surface area (Å²) < 4.78 is 34.8. The van der Waals surface area contributed by atoms with Gasteiger partial charge in [-0.25, -0.2) is 9.59 Å². The highest BCUT2D eigenvalue weighted by Gasteiger charge is 2.24. The van der Waals surface area contributed by atoms with Gasteiger partial charge in [0, 0.05) is 28.0 Å². The maximum Gasteiger partial charge on any atom is 0.339 e. The van der Waals surface area contributed by atoms with Gasteiger partial charge in [0.25, 0.3) is 0 Å². The zero-order valence-electron chi connectivity index (χ0n) is 23.0. The molecule has 0 spiro atoms. The minimum atomic E-state index is -0.508. The van der Waals surface area contributed by atoms with E-state index < -0.39 is 11.6 Å². The number of benzene rings is 1. The van der Waals surface area contributed by atoms with Crippen molar-refractivity contribution < 1.29 is 32.3 Å². The molecule has 1 aliphatic carbocycles. The van der Waals surface area contributed by atoms with Crippen molar-refractivity contribution in [2.75, 3.05) is 13.2 Å². The summed E-state index contributed by atoms with van der Waals surface area (Å²) in [4.78, 5) is 24.4. The minimum absolute atomic E-state index is 0.144. The van der Waals surface area contributed by atoms with E-state index in [0.717, 1.165) is 27.5 Å². The fraction of sp³-hybridized carbons (Fsp3) is 0.147. The lowest BCUT2D eigenvalue weighted by atomic mass is 10.1. The molecule has 4 heterocycles. The summed E-state index contributed by atoms with van der Waals surface area (Å²) in [6.45, 7) is 7.94. The highest BCUT2D eigenvalue weighted by atomic mass is 16.6. The Labute approximate surface area is 240 Å². The van der Waals surface area contributed by atoms with Gasteiger partial charge >= 0.3 is 11.6 Å². The number of allylic oxidation sites excluding steroid dienone is 3. The van der Waals surface area contributed by atoms with E-state index >= 15 is 0 Å². The van der Waals surface area contributed by atoms with Gasteiger partial charge in [-0.3, -0.25) is 0 Å². The number of carbonyl (C=O) groups excluding carboxylic acids is 1. The van der Waals surface area contributed by atoms with Crippen LogP contribution >= 0.6 is 0 Å². The molecule has 0 saturated heterocycles. The number of furan rings is 2. The second-order valence-corrected chi connectivity index (χ2v) is 9.89. The Bertz CT molecular complexity index is 1990. The molecule has 8 heteroatoms. The molecular formula is C34H26O8. The molecule has 42 heavy (non-hydrogen) atoms. The average Bonchev–Trinajstić information content (AvgIpc) is 3.50. The van der Waals surface area contributed by atoms with Crippen LogP contribution in [0.15, 0.2) is 126 Å². The molecule has 1 aliphatic heterocycles. The second-order valence-electron chi connectivity index (χ2n) is 9.89. The van der Waals surface area contributed by atoms with Crippen LogP contribution in [0.25, 0.3) is 27.7 Å². The van der Waals surface area contributed by atoms with Gasteiger partial charge in [-0.15, -0.1) is 5.73 Å². The van der Waals surface area contributed by atoms with Crippen LogP contribution in [-0.4, -0.2) is 19.2 Å². The number of carbonyl (C=O) groups is 1. The summed E-state index contributed by atoms with van der Waals surface area (Å²) in [5.74, 6) is 0.847. The fourth-order valence-electron chi connectivity index (χ4n) is 4.60. The van der Waals surface area contributed by atoms with Crippen LogP contribution in [0, 0.1) is 13.8 Å². The van der Waals surface area contributed by atoms with Gasteiger partial charge in [0.15, 0.2) is 22.7 Å². The molecule has 0 N–H and O–H groups in total. The number of ether oxygens (including phenoxy) is 3. The van der Waals surface area contributed by atoms with E-state index in [4.69, 9.17) is 27.5 Å². The molecule has 0 radical (unpaired) electrons. The van der Waals surface area contributed by atoms with Crippen molar-refractivity contribution in [3.05, 3.63) is 135 Å². The summed E-state index contributed by atoms with van der Waals surface area (Å²) in [6, 6.07) is 7.31. The van der Waals surface area contributed by atoms with E-state index in [2.05, 4.69) is 12.3 Å². The lowest BCUT2D eigenvalue weighted by Gasteiger charge is -2.15. The van der Waals surface area contributed by atoms with Crippen LogP contribution in [0.5, 0.6) is 5.75 Å². The van der Waals surface area contributed by atoms with Crippen molar-refractivity contribution >= 4 is 33.7 Å². The van der Waals surface area contributed by atoms with Crippen LogP contribution in [0.4, 0.5) is 0 Å². The molecule has 0 amide bonds. The first-order valence-electron chi connectivity index (χ1n) is 13.3. The van der Waals surface area contributed by atoms with E-state index in [1.807, 2.05) is 37.3 Å². The summed E-state index contributed by atoms with van der Waals surface area (Å²) in [6.07, 6.45) is 14.0. The van der Waals surface area contributed by atoms with Gasteiger partial charge in [0.05, 0.1) is 12.5 Å². The number of fused-ring (bicyclic) bond motifs is 2. The van der Waals surface area contributed by atoms with Crippen molar-refractivity contribution in [1.82, 2.24) is 0 Å². The van der Waals surface area contributed by atoms with Crippen LogP contribution in [0.2, 0.25) is 0 Å². The Morgan fingerprint density at radius 2 is 1.83 bits per heavy atom. The molecule has 0 bridgehead atoms. The first-order chi connectivity index (χ1) is 20.4. The van der Waals surface area contributed by atoms with Crippen molar-refractivity contribution in [2.24, 2.45) is 0 Å². The Morgan fingerprint density at radius 3 is 2.67 bits per heavy atom. The third kappa shape index (κ3) is 5.31. The minimum Gasteiger partial charge on any atom is -0.482 e. The Morgan fingerprint density at radius 1 is 0.976 bits per heavy atom. The molecule has 0 saturated carbocycles. The highest BCUT2D eigenvalue weighted by molar-refractivity contribution is 6.00. The van der Waals surface area contributed by atoms with Gasteiger partial charge < -0.3 is 27.5 Å². The van der Waals surface area contributed by atoms with Gasteiger partial charge in [-0.2, -0.15) is 0 Å². The lowest BCUT2D eigenvalue weighted by Crippen LogP contribution is -2.07. The predicted molar refractivity (Wildman–Crippen MR) is 157 cm³/mol. The summed E-state index contributed by atoms with van der Waals surface area (Å²) >= 11 is 0. The molecule has 210 valence electrons. The third-order valence-electron chi connectivity index (χ3n) is 6.81. The molecule has 2 aliphatic rings. The van der Waals surface area contributed by atoms with Gasteiger partial charge in [0.1, 0.15) is 13.2 Å². The fourth-order valence-corrected chi connectivity index (χ4v) is 4.60. The second kappa shape index (κ2) is 11.2. The maximum atomic E-state index is 12.3. The molecule has 1 aromatic carbocycles. The molecule has 3 aromatic heterocycles. The number of hydrogen-bond donors (Lipinski definition) is 0. The Hall–Kier alpha value is -5.46. The van der Waals surface area contributed by atoms with Crippen LogP contribution in [0.1, 0.15) is 23.3 Å².